The van der Waals surface area contributed by atoms with Crippen LogP contribution in [0.1, 0.15) is 16.7 Å². The SMILES string of the molecule is COc1cccc(C#N)c1NCc1cc(F)ccc1C. The van der Waals surface area contributed by atoms with Gasteiger partial charge in [-0.25, -0.2) is 4.39 Å². The molecule has 1 N–H and O–H groups in total. The minimum atomic E-state index is -0.270. The van der Waals surface area contributed by atoms with Crippen molar-refractivity contribution in [3.8, 4) is 11.8 Å². The Morgan fingerprint density at radius 2 is 2.10 bits per heavy atom. The van der Waals surface area contributed by atoms with Crippen molar-refractivity contribution >= 4 is 5.69 Å². The molecule has 0 unspecified atom stereocenters. The van der Waals surface area contributed by atoms with E-state index in [0.717, 1.165) is 11.1 Å². The quantitative estimate of drug-likeness (QED) is 0.922. The van der Waals surface area contributed by atoms with Crippen molar-refractivity contribution in [2.24, 2.45) is 0 Å². The molecule has 0 atom stereocenters. The highest BCUT2D eigenvalue weighted by atomic mass is 19.1. The second-order valence-electron chi connectivity index (χ2n) is 4.42. The molecule has 0 fully saturated rings. The standard InChI is InChI=1S/C16H15FN2O/c1-11-6-7-14(17)8-13(11)10-19-16-12(9-18)4-3-5-15(16)20-2/h3-8,19H,10H2,1-2H3. The van der Waals surface area contributed by atoms with E-state index in [1.54, 1.807) is 31.4 Å². The normalized spacial score (nSPS) is 9.90. The van der Waals surface area contributed by atoms with Gasteiger partial charge >= 0.3 is 0 Å². The number of benzene rings is 2. The van der Waals surface area contributed by atoms with Gasteiger partial charge in [0.05, 0.1) is 18.4 Å². The molecule has 0 saturated carbocycles. The lowest BCUT2D eigenvalue weighted by atomic mass is 10.1. The van der Waals surface area contributed by atoms with Gasteiger partial charge in [0.15, 0.2) is 0 Å². The lowest BCUT2D eigenvalue weighted by Gasteiger charge is -2.13. The van der Waals surface area contributed by atoms with E-state index in [2.05, 4.69) is 11.4 Å². The predicted molar refractivity (Wildman–Crippen MR) is 76.2 cm³/mol. The molecule has 102 valence electrons. The molecule has 0 aliphatic carbocycles. The number of para-hydroxylation sites is 1. The van der Waals surface area contributed by atoms with E-state index in [-0.39, 0.29) is 5.82 Å². The van der Waals surface area contributed by atoms with E-state index in [1.807, 2.05) is 6.92 Å². The average Bonchev–Trinajstić information content (AvgIpc) is 2.47. The summed E-state index contributed by atoms with van der Waals surface area (Å²) in [5, 5.41) is 12.3. The van der Waals surface area contributed by atoms with Gasteiger partial charge in [-0.3, -0.25) is 0 Å². The molecule has 4 heteroatoms. The van der Waals surface area contributed by atoms with Gasteiger partial charge in [0.2, 0.25) is 0 Å². The number of hydrogen-bond donors (Lipinski definition) is 1. The van der Waals surface area contributed by atoms with Crippen molar-refractivity contribution < 1.29 is 9.13 Å². The summed E-state index contributed by atoms with van der Waals surface area (Å²) in [6.45, 7) is 2.35. The van der Waals surface area contributed by atoms with Crippen LogP contribution >= 0.6 is 0 Å². The number of aryl methyl sites for hydroxylation is 1. The Balaban J connectivity index is 2.27. The van der Waals surface area contributed by atoms with Gasteiger partial charge < -0.3 is 10.1 Å². The number of nitrogens with zero attached hydrogens (tertiary/aromatic N) is 1. The maximum atomic E-state index is 13.3. The van der Waals surface area contributed by atoms with Crippen LogP contribution in [0.3, 0.4) is 0 Å². The number of anilines is 1. The van der Waals surface area contributed by atoms with Crippen molar-refractivity contribution in [3.63, 3.8) is 0 Å². The summed E-state index contributed by atoms with van der Waals surface area (Å²) < 4.78 is 18.5. The Morgan fingerprint density at radius 3 is 2.80 bits per heavy atom. The van der Waals surface area contributed by atoms with Crippen LogP contribution < -0.4 is 10.1 Å². The summed E-state index contributed by atoms with van der Waals surface area (Å²) in [7, 11) is 1.55. The van der Waals surface area contributed by atoms with Crippen LogP contribution in [0.4, 0.5) is 10.1 Å². The average molecular weight is 270 g/mol. The van der Waals surface area contributed by atoms with Crippen LogP contribution in [0.2, 0.25) is 0 Å². The van der Waals surface area contributed by atoms with Crippen LogP contribution in [0.15, 0.2) is 36.4 Å². The third-order valence-corrected chi connectivity index (χ3v) is 3.13. The summed E-state index contributed by atoms with van der Waals surface area (Å²) in [5.74, 6) is 0.325. The molecule has 2 aromatic carbocycles. The number of rotatable bonds is 4. The monoisotopic (exact) mass is 270 g/mol. The van der Waals surface area contributed by atoms with E-state index in [9.17, 15) is 4.39 Å². The highest BCUT2D eigenvalue weighted by Gasteiger charge is 2.09. The zero-order valence-corrected chi connectivity index (χ0v) is 11.4. The molecule has 0 aliphatic rings. The second kappa shape index (κ2) is 6.07. The largest absolute Gasteiger partial charge is 0.495 e. The number of methoxy groups -OCH3 is 1. The van der Waals surface area contributed by atoms with Crippen LogP contribution in [0.5, 0.6) is 5.75 Å². The maximum Gasteiger partial charge on any atom is 0.143 e. The highest BCUT2D eigenvalue weighted by Crippen LogP contribution is 2.28. The fourth-order valence-corrected chi connectivity index (χ4v) is 1.99. The molecule has 0 amide bonds. The number of nitriles is 1. The van der Waals surface area contributed by atoms with Gasteiger partial charge in [-0.1, -0.05) is 12.1 Å². The fourth-order valence-electron chi connectivity index (χ4n) is 1.99. The zero-order chi connectivity index (χ0) is 14.5. The lowest BCUT2D eigenvalue weighted by Crippen LogP contribution is -2.05. The molecule has 3 nitrogen and oxygen atoms in total. The van der Waals surface area contributed by atoms with E-state index >= 15 is 0 Å². The van der Waals surface area contributed by atoms with Crippen LogP contribution in [-0.2, 0) is 6.54 Å². The molecular formula is C16H15FN2O. The zero-order valence-electron chi connectivity index (χ0n) is 11.4. The molecule has 0 aliphatic heterocycles. The summed E-state index contributed by atoms with van der Waals surface area (Å²) in [5.41, 5.74) is 2.96. The first-order valence-electron chi connectivity index (χ1n) is 6.21. The molecule has 0 heterocycles. The Morgan fingerprint density at radius 1 is 1.30 bits per heavy atom. The molecule has 0 saturated heterocycles. The molecule has 0 spiro atoms. The van der Waals surface area contributed by atoms with Gasteiger partial charge in [-0.05, 0) is 42.3 Å². The van der Waals surface area contributed by atoms with E-state index in [0.29, 0.717) is 23.5 Å². The lowest BCUT2D eigenvalue weighted by molar-refractivity contribution is 0.416. The first-order valence-corrected chi connectivity index (χ1v) is 6.21. The summed E-state index contributed by atoms with van der Waals surface area (Å²) in [6, 6.07) is 12.0. The van der Waals surface area contributed by atoms with Crippen molar-refractivity contribution in [2.45, 2.75) is 13.5 Å². The molecule has 0 bridgehead atoms. The van der Waals surface area contributed by atoms with Gasteiger partial charge in [0.1, 0.15) is 17.6 Å². The molecular weight excluding hydrogens is 255 g/mol. The Labute approximate surface area is 117 Å². The topological polar surface area (TPSA) is 45.0 Å². The summed E-state index contributed by atoms with van der Waals surface area (Å²) >= 11 is 0. The number of halogens is 1. The predicted octanol–water partition coefficient (Wildman–Crippen LogP) is 3.63. The van der Waals surface area contributed by atoms with Gasteiger partial charge in [-0.15, -0.1) is 0 Å². The Hall–Kier alpha value is -2.54. The molecule has 0 radical (unpaired) electrons. The van der Waals surface area contributed by atoms with Crippen LogP contribution in [0, 0.1) is 24.1 Å². The van der Waals surface area contributed by atoms with Crippen molar-refractivity contribution in [3.05, 3.63) is 58.9 Å². The minimum absolute atomic E-state index is 0.270. The number of hydrogen-bond acceptors (Lipinski definition) is 3. The first kappa shape index (κ1) is 13.9. The Bertz CT molecular complexity index is 662. The summed E-state index contributed by atoms with van der Waals surface area (Å²) in [6.07, 6.45) is 0. The van der Waals surface area contributed by atoms with Crippen LogP contribution in [-0.4, -0.2) is 7.11 Å². The second-order valence-corrected chi connectivity index (χ2v) is 4.42. The first-order chi connectivity index (χ1) is 9.65. The van der Waals surface area contributed by atoms with Crippen molar-refractivity contribution in [1.29, 1.82) is 5.26 Å². The smallest absolute Gasteiger partial charge is 0.143 e. The minimum Gasteiger partial charge on any atom is -0.495 e. The number of nitrogens with one attached hydrogen (secondary N) is 1. The molecule has 2 rings (SSSR count). The van der Waals surface area contributed by atoms with Gasteiger partial charge in [0, 0.05) is 6.54 Å². The van der Waals surface area contributed by atoms with Crippen LogP contribution in [0.25, 0.3) is 0 Å². The Kier molecular flexibility index (Phi) is 4.21. The molecule has 2 aromatic rings. The highest BCUT2D eigenvalue weighted by molar-refractivity contribution is 5.66. The van der Waals surface area contributed by atoms with Gasteiger partial charge in [0.25, 0.3) is 0 Å². The third-order valence-electron chi connectivity index (χ3n) is 3.13. The van der Waals surface area contributed by atoms with E-state index < -0.39 is 0 Å². The fraction of sp³-hybridized carbons (Fsp3) is 0.188. The maximum absolute atomic E-state index is 13.3. The number of ether oxygens (including phenoxy) is 1. The molecule has 20 heavy (non-hydrogen) atoms. The van der Waals surface area contributed by atoms with Crippen molar-refractivity contribution in [1.82, 2.24) is 0 Å². The molecule has 0 aromatic heterocycles. The van der Waals surface area contributed by atoms with Gasteiger partial charge in [-0.2, -0.15) is 5.26 Å². The van der Waals surface area contributed by atoms with E-state index in [1.165, 1.54) is 12.1 Å². The van der Waals surface area contributed by atoms with E-state index in [4.69, 9.17) is 10.00 Å². The third kappa shape index (κ3) is 2.89. The summed E-state index contributed by atoms with van der Waals surface area (Å²) in [4.78, 5) is 0. The van der Waals surface area contributed by atoms with Crippen molar-refractivity contribution in [2.75, 3.05) is 12.4 Å².